The molecule has 3 aromatic rings. The second-order valence-corrected chi connectivity index (χ2v) is 7.51. The summed E-state index contributed by atoms with van der Waals surface area (Å²) in [7, 11) is 0. The smallest absolute Gasteiger partial charge is 0.00796 e. The van der Waals surface area contributed by atoms with E-state index in [0.717, 1.165) is 12.8 Å². The molecule has 0 saturated heterocycles. The zero-order chi connectivity index (χ0) is 13.4. The molecule has 96 valence electrons. The largest absolute Gasteiger partial charge is 0.0613 e. The molecule has 0 aromatic heterocycles. The van der Waals surface area contributed by atoms with E-state index in [1.807, 2.05) is 0 Å². The SMILES string of the molecule is BrC1=c2c3cccc4c3c(c3cccc(c23)C1)=C(Br)C4. The number of hydrogen-bond acceptors (Lipinski definition) is 0. The van der Waals surface area contributed by atoms with Crippen LogP contribution >= 0.6 is 31.9 Å². The highest BCUT2D eigenvalue weighted by Gasteiger charge is 2.22. The van der Waals surface area contributed by atoms with Gasteiger partial charge in [-0.15, -0.1) is 0 Å². The van der Waals surface area contributed by atoms with Gasteiger partial charge in [-0.3, -0.25) is 0 Å². The van der Waals surface area contributed by atoms with E-state index in [2.05, 4.69) is 68.3 Å². The molecule has 0 fully saturated rings. The molecule has 0 saturated carbocycles. The van der Waals surface area contributed by atoms with Crippen LogP contribution in [0, 0.1) is 0 Å². The van der Waals surface area contributed by atoms with Crippen molar-refractivity contribution in [2.75, 3.05) is 0 Å². The molecule has 0 heterocycles. The normalized spacial score (nSPS) is 15.9. The first-order valence-electron chi connectivity index (χ1n) is 6.78. The lowest BCUT2D eigenvalue weighted by Crippen LogP contribution is -2.13. The Labute approximate surface area is 133 Å². The molecule has 0 aliphatic heterocycles. The maximum Gasteiger partial charge on any atom is 0.00796 e. The first-order chi connectivity index (χ1) is 9.75. The first-order valence-corrected chi connectivity index (χ1v) is 8.37. The average Bonchev–Trinajstić information content (AvgIpc) is 2.95. The average molecular weight is 386 g/mol. The molecule has 5 rings (SSSR count). The van der Waals surface area contributed by atoms with Crippen LogP contribution in [0.5, 0.6) is 0 Å². The van der Waals surface area contributed by atoms with Crippen LogP contribution < -0.4 is 10.4 Å². The summed E-state index contributed by atoms with van der Waals surface area (Å²) >= 11 is 7.63. The van der Waals surface area contributed by atoms with E-state index >= 15 is 0 Å². The maximum atomic E-state index is 3.82. The monoisotopic (exact) mass is 384 g/mol. The van der Waals surface area contributed by atoms with Crippen molar-refractivity contribution >= 4 is 62.4 Å². The molecule has 0 N–H and O–H groups in total. The Morgan fingerprint density at radius 3 is 1.55 bits per heavy atom. The molecule has 0 atom stereocenters. The predicted octanol–water partition coefficient (Wildman–Crippen LogP) is 4.11. The van der Waals surface area contributed by atoms with Gasteiger partial charge in [0.2, 0.25) is 0 Å². The minimum absolute atomic E-state index is 1.02. The number of halogens is 2. The molecule has 0 unspecified atom stereocenters. The molecule has 20 heavy (non-hydrogen) atoms. The van der Waals surface area contributed by atoms with Gasteiger partial charge in [-0.1, -0.05) is 68.3 Å². The van der Waals surface area contributed by atoms with Crippen molar-refractivity contribution in [3.8, 4) is 0 Å². The standard InChI is InChI=1S/C18H10Br2/c19-13-7-9-3-1-5-11-15(9)18(13)12-6-2-4-10-8-14(20)17(11)16(10)12/h1-6H,7-8H2. The number of benzene rings is 3. The van der Waals surface area contributed by atoms with Gasteiger partial charge in [0.25, 0.3) is 0 Å². The van der Waals surface area contributed by atoms with Gasteiger partial charge in [0.05, 0.1) is 0 Å². The molecule has 0 radical (unpaired) electrons. The molecule has 0 spiro atoms. The van der Waals surface area contributed by atoms with E-state index in [1.54, 1.807) is 0 Å². The fourth-order valence-corrected chi connectivity index (χ4v) is 5.27. The summed E-state index contributed by atoms with van der Waals surface area (Å²) in [6.45, 7) is 0. The third-order valence-electron chi connectivity index (χ3n) is 4.57. The summed E-state index contributed by atoms with van der Waals surface area (Å²) in [5.41, 5.74) is 2.89. The Balaban J connectivity index is 2.32. The summed E-state index contributed by atoms with van der Waals surface area (Å²) in [6, 6.07) is 13.4. The van der Waals surface area contributed by atoms with Gasteiger partial charge in [0, 0.05) is 32.2 Å². The topological polar surface area (TPSA) is 0 Å². The van der Waals surface area contributed by atoms with Crippen molar-refractivity contribution in [3.05, 3.63) is 58.0 Å². The lowest BCUT2D eigenvalue weighted by atomic mass is 9.97. The van der Waals surface area contributed by atoms with Crippen molar-refractivity contribution in [2.24, 2.45) is 0 Å². The molecular formula is C18H10Br2. The van der Waals surface area contributed by atoms with E-state index in [1.165, 1.54) is 52.1 Å². The minimum Gasteiger partial charge on any atom is -0.0613 e. The van der Waals surface area contributed by atoms with Crippen molar-refractivity contribution in [3.63, 3.8) is 0 Å². The van der Waals surface area contributed by atoms with Crippen molar-refractivity contribution in [2.45, 2.75) is 12.8 Å². The van der Waals surface area contributed by atoms with Crippen LogP contribution in [0.25, 0.3) is 30.5 Å². The summed E-state index contributed by atoms with van der Waals surface area (Å²) in [5, 5.41) is 8.51. The van der Waals surface area contributed by atoms with E-state index in [9.17, 15) is 0 Å². The molecule has 2 heteroatoms. The summed E-state index contributed by atoms with van der Waals surface area (Å²) < 4.78 is 2.66. The fourth-order valence-electron chi connectivity index (χ4n) is 3.85. The molecule has 0 bridgehead atoms. The van der Waals surface area contributed by atoms with Crippen LogP contribution in [0.1, 0.15) is 11.1 Å². The van der Waals surface area contributed by atoms with Crippen LogP contribution in [-0.4, -0.2) is 0 Å². The summed E-state index contributed by atoms with van der Waals surface area (Å²) in [5.74, 6) is 0. The first kappa shape index (κ1) is 11.5. The Kier molecular flexibility index (Phi) is 2.16. The van der Waals surface area contributed by atoms with Gasteiger partial charge in [0.1, 0.15) is 0 Å². The van der Waals surface area contributed by atoms with Crippen LogP contribution in [0.15, 0.2) is 36.4 Å². The van der Waals surface area contributed by atoms with Crippen LogP contribution in [-0.2, 0) is 12.8 Å². The highest BCUT2D eigenvalue weighted by atomic mass is 79.9. The highest BCUT2D eigenvalue weighted by Crippen LogP contribution is 2.33. The predicted molar refractivity (Wildman–Crippen MR) is 92.8 cm³/mol. The summed E-state index contributed by atoms with van der Waals surface area (Å²) in [4.78, 5) is 0. The maximum absolute atomic E-state index is 3.82. The lowest BCUT2D eigenvalue weighted by Gasteiger charge is -2.06. The third kappa shape index (κ3) is 1.23. The van der Waals surface area contributed by atoms with Gasteiger partial charge in [-0.2, -0.15) is 0 Å². The molecule has 0 nitrogen and oxygen atoms in total. The molecular weight excluding hydrogens is 376 g/mol. The quantitative estimate of drug-likeness (QED) is 0.511. The zero-order valence-corrected chi connectivity index (χ0v) is 13.8. The number of rotatable bonds is 0. The van der Waals surface area contributed by atoms with Gasteiger partial charge in [-0.05, 0) is 32.7 Å². The minimum atomic E-state index is 1.02. The third-order valence-corrected chi connectivity index (χ3v) is 5.93. The zero-order valence-electron chi connectivity index (χ0n) is 10.6. The van der Waals surface area contributed by atoms with Crippen molar-refractivity contribution in [1.82, 2.24) is 0 Å². The van der Waals surface area contributed by atoms with Gasteiger partial charge >= 0.3 is 0 Å². The second kappa shape index (κ2) is 3.75. The van der Waals surface area contributed by atoms with E-state index in [-0.39, 0.29) is 0 Å². The Morgan fingerprint density at radius 2 is 1.10 bits per heavy atom. The van der Waals surface area contributed by atoms with Gasteiger partial charge in [-0.25, -0.2) is 0 Å². The van der Waals surface area contributed by atoms with Crippen LogP contribution in [0.2, 0.25) is 0 Å². The second-order valence-electron chi connectivity index (χ2n) is 5.59. The van der Waals surface area contributed by atoms with E-state index in [4.69, 9.17) is 0 Å². The highest BCUT2D eigenvalue weighted by molar-refractivity contribution is 9.15. The molecule has 0 amide bonds. The number of hydrogen-bond donors (Lipinski definition) is 0. The molecule has 2 aliphatic carbocycles. The van der Waals surface area contributed by atoms with Gasteiger partial charge < -0.3 is 0 Å². The van der Waals surface area contributed by atoms with Gasteiger partial charge in [0.15, 0.2) is 0 Å². The molecule has 3 aromatic carbocycles. The van der Waals surface area contributed by atoms with Crippen LogP contribution in [0.4, 0.5) is 0 Å². The van der Waals surface area contributed by atoms with E-state index in [0.29, 0.717) is 0 Å². The Bertz CT molecular complexity index is 971. The van der Waals surface area contributed by atoms with E-state index < -0.39 is 0 Å². The van der Waals surface area contributed by atoms with Crippen molar-refractivity contribution < 1.29 is 0 Å². The van der Waals surface area contributed by atoms with Crippen molar-refractivity contribution in [1.29, 1.82) is 0 Å². The van der Waals surface area contributed by atoms with Crippen LogP contribution in [0.3, 0.4) is 0 Å². The lowest BCUT2D eigenvalue weighted by molar-refractivity contribution is 1.40. The Hall–Kier alpha value is -1.12. The Morgan fingerprint density at radius 1 is 0.650 bits per heavy atom. The molecule has 2 aliphatic rings. The fraction of sp³-hybridized carbons (Fsp3) is 0.111. The number of fused-ring (bicyclic) bond motifs is 2. The summed E-state index contributed by atoms with van der Waals surface area (Å²) in [6.07, 6.45) is 2.04.